The lowest BCUT2D eigenvalue weighted by molar-refractivity contribution is -0.151. The standard InChI is InChI=1S/C20H22N2O7S2/c1-11(23)29-8-13-9-30-19-14(18(25)22(19)15(13)20(26)27)21-17(24)16(31-10-28-2)12-6-4-3-5-7-12/h3-7,14,16,19H,8-10H2,1-2H3,(H,21,24)(H,26,27). The van der Waals surface area contributed by atoms with Crippen LogP contribution in [0, 0.1) is 0 Å². The summed E-state index contributed by atoms with van der Waals surface area (Å²) in [6, 6.07) is 8.30. The van der Waals surface area contributed by atoms with Crippen molar-refractivity contribution >= 4 is 47.3 Å². The molecule has 1 aromatic carbocycles. The molecule has 0 spiro atoms. The van der Waals surface area contributed by atoms with E-state index in [9.17, 15) is 24.3 Å². The van der Waals surface area contributed by atoms with Gasteiger partial charge in [-0.25, -0.2) is 4.79 Å². The normalized spacial score (nSPS) is 21.1. The molecule has 3 rings (SSSR count). The van der Waals surface area contributed by atoms with Gasteiger partial charge in [0.25, 0.3) is 5.91 Å². The molecule has 1 fully saturated rings. The van der Waals surface area contributed by atoms with Crippen LogP contribution < -0.4 is 5.32 Å². The van der Waals surface area contributed by atoms with Crippen molar-refractivity contribution in [1.82, 2.24) is 10.2 Å². The highest BCUT2D eigenvalue weighted by molar-refractivity contribution is 8.00. The number of benzene rings is 1. The fourth-order valence-corrected chi connectivity index (χ4v) is 5.47. The molecule has 3 atom stereocenters. The molecule has 0 bridgehead atoms. The lowest BCUT2D eigenvalue weighted by atomic mass is 10.0. The number of thioether (sulfide) groups is 2. The van der Waals surface area contributed by atoms with E-state index in [1.54, 1.807) is 0 Å². The molecular formula is C20H22N2O7S2. The third kappa shape index (κ3) is 5.05. The van der Waals surface area contributed by atoms with Crippen LogP contribution in [0.25, 0.3) is 0 Å². The van der Waals surface area contributed by atoms with E-state index < -0.39 is 34.5 Å². The number of rotatable bonds is 9. The average Bonchev–Trinajstić information content (AvgIpc) is 2.76. The molecule has 1 aromatic rings. The fourth-order valence-electron chi connectivity index (χ4n) is 3.30. The number of hydrogen-bond acceptors (Lipinski definition) is 8. The summed E-state index contributed by atoms with van der Waals surface area (Å²) in [6.07, 6.45) is 0. The Morgan fingerprint density at radius 3 is 2.65 bits per heavy atom. The number of nitrogens with zero attached hydrogens (tertiary/aromatic N) is 1. The maximum absolute atomic E-state index is 13.0. The molecule has 31 heavy (non-hydrogen) atoms. The summed E-state index contributed by atoms with van der Waals surface area (Å²) in [4.78, 5) is 49.8. The molecule has 1 saturated heterocycles. The largest absolute Gasteiger partial charge is 0.477 e. The van der Waals surface area contributed by atoms with E-state index in [2.05, 4.69) is 5.32 Å². The van der Waals surface area contributed by atoms with Crippen LogP contribution in [0.5, 0.6) is 0 Å². The predicted octanol–water partition coefficient (Wildman–Crippen LogP) is 1.37. The number of amides is 2. The summed E-state index contributed by atoms with van der Waals surface area (Å²) in [5.74, 6) is -2.10. The number of hydrogen-bond donors (Lipinski definition) is 2. The smallest absolute Gasteiger partial charge is 0.352 e. The third-order valence-electron chi connectivity index (χ3n) is 4.69. The van der Waals surface area contributed by atoms with Gasteiger partial charge in [0, 0.05) is 25.4 Å². The Kier molecular flexibility index (Phi) is 7.63. The molecule has 11 heteroatoms. The predicted molar refractivity (Wildman–Crippen MR) is 115 cm³/mol. The van der Waals surface area contributed by atoms with Crippen molar-refractivity contribution in [3.63, 3.8) is 0 Å². The van der Waals surface area contributed by atoms with Gasteiger partial charge in [0.05, 0.1) is 5.94 Å². The number of carbonyl (C=O) groups is 4. The van der Waals surface area contributed by atoms with Gasteiger partial charge in [-0.3, -0.25) is 19.3 Å². The summed E-state index contributed by atoms with van der Waals surface area (Å²) in [6.45, 7) is 1.03. The zero-order chi connectivity index (χ0) is 22.5. The zero-order valence-corrected chi connectivity index (χ0v) is 18.5. The van der Waals surface area contributed by atoms with Gasteiger partial charge in [-0.2, -0.15) is 0 Å². The summed E-state index contributed by atoms with van der Waals surface area (Å²) in [5.41, 5.74) is 0.936. The average molecular weight is 467 g/mol. The number of ether oxygens (including phenoxy) is 2. The Morgan fingerprint density at radius 2 is 2.03 bits per heavy atom. The molecule has 0 radical (unpaired) electrons. The second-order valence-electron chi connectivity index (χ2n) is 6.80. The molecule has 2 heterocycles. The van der Waals surface area contributed by atoms with Crippen molar-refractivity contribution in [2.45, 2.75) is 23.6 Å². The van der Waals surface area contributed by atoms with Crippen LogP contribution in [0.4, 0.5) is 0 Å². The number of esters is 1. The Balaban J connectivity index is 1.74. The summed E-state index contributed by atoms with van der Waals surface area (Å²) in [5, 5.41) is 11.3. The number of aliphatic carboxylic acids is 1. The number of carboxylic acids is 1. The number of nitrogens with one attached hydrogen (secondary N) is 1. The molecule has 0 aliphatic carbocycles. The fraction of sp³-hybridized carbons (Fsp3) is 0.400. The maximum atomic E-state index is 13.0. The van der Waals surface area contributed by atoms with Crippen molar-refractivity contribution in [1.29, 1.82) is 0 Å². The first-order valence-electron chi connectivity index (χ1n) is 9.34. The highest BCUT2D eigenvalue weighted by atomic mass is 32.2. The van der Waals surface area contributed by atoms with Crippen molar-refractivity contribution in [3.8, 4) is 0 Å². The van der Waals surface area contributed by atoms with Gasteiger partial charge in [-0.1, -0.05) is 30.3 Å². The highest BCUT2D eigenvalue weighted by Gasteiger charge is 2.54. The van der Waals surface area contributed by atoms with Crippen molar-refractivity contribution < 1.29 is 33.8 Å². The minimum Gasteiger partial charge on any atom is -0.477 e. The summed E-state index contributed by atoms with van der Waals surface area (Å²) < 4.78 is 10.0. The number of β-lactam (4-membered cyclic amide) rings is 1. The second-order valence-corrected chi connectivity index (χ2v) is 8.94. The van der Waals surface area contributed by atoms with Gasteiger partial charge >= 0.3 is 11.9 Å². The third-order valence-corrected chi connectivity index (χ3v) is 7.22. The first-order chi connectivity index (χ1) is 14.8. The number of carbonyl (C=O) groups excluding carboxylic acids is 3. The minimum atomic E-state index is -1.27. The topological polar surface area (TPSA) is 122 Å². The first-order valence-corrected chi connectivity index (χ1v) is 11.4. The van der Waals surface area contributed by atoms with Gasteiger partial charge < -0.3 is 19.9 Å². The molecular weight excluding hydrogens is 444 g/mol. The van der Waals surface area contributed by atoms with Crippen LogP contribution in [-0.4, -0.2) is 70.6 Å². The van der Waals surface area contributed by atoms with Crippen molar-refractivity contribution in [2.75, 3.05) is 25.4 Å². The second kappa shape index (κ2) is 10.2. The van der Waals surface area contributed by atoms with Crippen LogP contribution >= 0.6 is 23.5 Å². The van der Waals surface area contributed by atoms with E-state index in [0.717, 1.165) is 10.5 Å². The van der Waals surface area contributed by atoms with Gasteiger partial charge in [-0.05, 0) is 5.56 Å². The lowest BCUT2D eigenvalue weighted by Crippen LogP contribution is -2.70. The van der Waals surface area contributed by atoms with Crippen LogP contribution in [-0.2, 0) is 28.7 Å². The van der Waals surface area contributed by atoms with Crippen molar-refractivity contribution in [3.05, 3.63) is 47.2 Å². The van der Waals surface area contributed by atoms with E-state index in [1.165, 1.54) is 37.6 Å². The number of carboxylic acid groups (broad SMARTS) is 1. The van der Waals surface area contributed by atoms with E-state index in [4.69, 9.17) is 9.47 Å². The quantitative estimate of drug-likeness (QED) is 0.316. The molecule has 3 unspecified atom stereocenters. The molecule has 2 aliphatic rings. The first kappa shape index (κ1) is 23.2. The van der Waals surface area contributed by atoms with E-state index in [-0.39, 0.29) is 24.0 Å². The molecule has 2 N–H and O–H groups in total. The molecule has 9 nitrogen and oxygen atoms in total. The number of methoxy groups -OCH3 is 1. The number of fused-ring (bicyclic) bond motifs is 1. The van der Waals surface area contributed by atoms with Crippen molar-refractivity contribution in [2.24, 2.45) is 0 Å². The molecule has 2 aliphatic heterocycles. The molecule has 2 amide bonds. The van der Waals surface area contributed by atoms with Gasteiger partial charge in [0.2, 0.25) is 5.91 Å². The van der Waals surface area contributed by atoms with E-state index in [0.29, 0.717) is 11.5 Å². The summed E-state index contributed by atoms with van der Waals surface area (Å²) >= 11 is 2.61. The Morgan fingerprint density at radius 1 is 1.32 bits per heavy atom. The van der Waals surface area contributed by atoms with Crippen LogP contribution in [0.2, 0.25) is 0 Å². The van der Waals surface area contributed by atoms with E-state index >= 15 is 0 Å². The summed E-state index contributed by atoms with van der Waals surface area (Å²) in [7, 11) is 1.53. The SMILES string of the molecule is COCSC(C(=O)NC1C(=O)N2C(C(=O)O)=C(COC(C)=O)CSC12)c1ccccc1. The van der Waals surface area contributed by atoms with Gasteiger partial charge in [0.1, 0.15) is 29.0 Å². The molecule has 0 aromatic heterocycles. The minimum absolute atomic E-state index is 0.186. The highest BCUT2D eigenvalue weighted by Crippen LogP contribution is 2.41. The van der Waals surface area contributed by atoms with Gasteiger partial charge in [0.15, 0.2) is 0 Å². The molecule has 166 valence electrons. The van der Waals surface area contributed by atoms with Gasteiger partial charge in [-0.15, -0.1) is 23.5 Å². The maximum Gasteiger partial charge on any atom is 0.352 e. The lowest BCUT2D eigenvalue weighted by Gasteiger charge is -2.49. The Hall–Kier alpha value is -2.50. The Labute approximate surface area is 187 Å². The van der Waals surface area contributed by atoms with Crippen LogP contribution in [0.1, 0.15) is 17.7 Å². The monoisotopic (exact) mass is 466 g/mol. The van der Waals surface area contributed by atoms with Crippen LogP contribution in [0.3, 0.4) is 0 Å². The zero-order valence-electron chi connectivity index (χ0n) is 16.9. The Bertz CT molecular complexity index is 906. The van der Waals surface area contributed by atoms with Crippen LogP contribution in [0.15, 0.2) is 41.6 Å². The van der Waals surface area contributed by atoms with E-state index in [1.807, 2.05) is 30.3 Å². The molecule has 0 saturated carbocycles.